The second-order valence-electron chi connectivity index (χ2n) is 4.90. The van der Waals surface area contributed by atoms with Crippen molar-refractivity contribution in [3.05, 3.63) is 57.7 Å². The van der Waals surface area contributed by atoms with E-state index < -0.39 is 17.4 Å². The molecule has 0 aliphatic heterocycles. The van der Waals surface area contributed by atoms with Crippen molar-refractivity contribution in [1.82, 2.24) is 14.5 Å². The van der Waals surface area contributed by atoms with E-state index in [1.54, 1.807) is 0 Å². The lowest BCUT2D eigenvalue weighted by molar-refractivity contribution is -0.385. The summed E-state index contributed by atoms with van der Waals surface area (Å²) in [5.74, 6) is -0.478. The zero-order valence-corrected chi connectivity index (χ0v) is 12.4. The van der Waals surface area contributed by atoms with Crippen LogP contribution in [-0.4, -0.2) is 32.3 Å². The van der Waals surface area contributed by atoms with Gasteiger partial charge in [0.25, 0.3) is 11.6 Å². The quantitative estimate of drug-likeness (QED) is 0.625. The highest BCUT2D eigenvalue weighted by Crippen LogP contribution is 2.22. The van der Waals surface area contributed by atoms with Gasteiger partial charge < -0.3 is 4.90 Å². The molecule has 23 heavy (non-hydrogen) atoms. The van der Waals surface area contributed by atoms with E-state index in [1.807, 2.05) is 0 Å². The number of imidazole rings is 1. The number of carbonyl (C=O) groups is 1. The Bertz CT molecular complexity index is 745. The third kappa shape index (κ3) is 3.33. The molecule has 0 atom stereocenters. The fraction of sp³-hybridized carbons (Fsp3) is 0.286. The highest BCUT2D eigenvalue weighted by Gasteiger charge is 2.22. The van der Waals surface area contributed by atoms with Crippen LogP contribution in [0.1, 0.15) is 28.3 Å². The van der Waals surface area contributed by atoms with Crippen molar-refractivity contribution >= 4 is 11.6 Å². The molecule has 7 nitrogen and oxygen atoms in total. The topological polar surface area (TPSA) is 81.3 Å². The highest BCUT2D eigenvalue weighted by atomic mass is 19.3. The smallest absolute Gasteiger partial charge is 0.319 e. The van der Waals surface area contributed by atoms with Gasteiger partial charge in [0.2, 0.25) is 0 Å². The lowest BCUT2D eigenvalue weighted by Crippen LogP contribution is -2.28. The summed E-state index contributed by atoms with van der Waals surface area (Å²) >= 11 is 0. The Hall–Kier alpha value is -2.84. The monoisotopic (exact) mass is 324 g/mol. The van der Waals surface area contributed by atoms with Crippen LogP contribution in [0.25, 0.3) is 0 Å². The molecule has 1 heterocycles. The molecule has 2 rings (SSSR count). The van der Waals surface area contributed by atoms with Gasteiger partial charge in [-0.1, -0.05) is 6.07 Å². The second kappa shape index (κ2) is 6.51. The number of nitro benzene ring substituents is 1. The number of hydrogen-bond acceptors (Lipinski definition) is 4. The molecule has 0 fully saturated rings. The van der Waals surface area contributed by atoms with Crippen molar-refractivity contribution in [2.24, 2.45) is 0 Å². The zero-order valence-electron chi connectivity index (χ0n) is 12.4. The second-order valence-corrected chi connectivity index (χ2v) is 4.90. The van der Waals surface area contributed by atoms with Gasteiger partial charge in [0, 0.05) is 36.6 Å². The van der Waals surface area contributed by atoms with E-state index in [9.17, 15) is 23.7 Å². The molecule has 0 radical (unpaired) electrons. The van der Waals surface area contributed by atoms with Gasteiger partial charge in [-0.15, -0.1) is 0 Å². The fourth-order valence-electron chi connectivity index (χ4n) is 2.19. The number of aromatic nitrogens is 2. The summed E-state index contributed by atoms with van der Waals surface area (Å²) in [6, 6.07) is 4.17. The molecule has 0 saturated carbocycles. The van der Waals surface area contributed by atoms with Crippen LogP contribution in [0.15, 0.2) is 30.6 Å². The van der Waals surface area contributed by atoms with Crippen molar-refractivity contribution in [2.45, 2.75) is 20.0 Å². The molecule has 0 spiro atoms. The Morgan fingerprint density at radius 2 is 2.17 bits per heavy atom. The Morgan fingerprint density at radius 3 is 2.78 bits per heavy atom. The normalized spacial score (nSPS) is 10.8. The van der Waals surface area contributed by atoms with E-state index in [4.69, 9.17) is 0 Å². The number of alkyl halides is 2. The third-order valence-corrected chi connectivity index (χ3v) is 3.42. The summed E-state index contributed by atoms with van der Waals surface area (Å²) in [7, 11) is 1.42. The average molecular weight is 324 g/mol. The molecule has 1 aromatic heterocycles. The molecule has 0 bridgehead atoms. The Kier molecular flexibility index (Phi) is 4.68. The van der Waals surface area contributed by atoms with Gasteiger partial charge in [0.1, 0.15) is 5.82 Å². The molecule has 2 aromatic rings. The lowest BCUT2D eigenvalue weighted by atomic mass is 10.1. The number of nitro groups is 1. The van der Waals surface area contributed by atoms with Gasteiger partial charge in [-0.3, -0.25) is 19.5 Å². The third-order valence-electron chi connectivity index (χ3n) is 3.42. The van der Waals surface area contributed by atoms with Gasteiger partial charge in [0.05, 0.1) is 11.5 Å². The first-order chi connectivity index (χ1) is 10.8. The predicted octanol–water partition coefficient (Wildman–Crippen LogP) is 2.77. The Balaban J connectivity index is 2.25. The van der Waals surface area contributed by atoms with Crippen LogP contribution in [0.3, 0.4) is 0 Å². The Labute approximate surface area is 130 Å². The zero-order chi connectivity index (χ0) is 17.1. The largest absolute Gasteiger partial charge is 0.334 e. The highest BCUT2D eigenvalue weighted by molar-refractivity contribution is 5.96. The summed E-state index contributed by atoms with van der Waals surface area (Å²) in [4.78, 5) is 27.8. The molecular formula is C14H14F2N4O3. The van der Waals surface area contributed by atoms with Crippen molar-refractivity contribution in [3.8, 4) is 0 Å². The van der Waals surface area contributed by atoms with Gasteiger partial charge in [-0.05, 0) is 13.0 Å². The van der Waals surface area contributed by atoms with Gasteiger partial charge >= 0.3 is 6.55 Å². The van der Waals surface area contributed by atoms with Gasteiger partial charge in [-0.25, -0.2) is 4.98 Å². The number of halogens is 2. The van der Waals surface area contributed by atoms with E-state index in [2.05, 4.69) is 4.98 Å². The maximum Gasteiger partial charge on any atom is 0.319 e. The van der Waals surface area contributed by atoms with Crippen LogP contribution in [-0.2, 0) is 6.54 Å². The maximum atomic E-state index is 12.8. The summed E-state index contributed by atoms with van der Waals surface area (Å²) in [5.41, 5.74) is 0.210. The van der Waals surface area contributed by atoms with Crippen molar-refractivity contribution < 1.29 is 18.5 Å². The van der Waals surface area contributed by atoms with Crippen LogP contribution >= 0.6 is 0 Å². The van der Waals surface area contributed by atoms with Crippen molar-refractivity contribution in [1.29, 1.82) is 0 Å². The van der Waals surface area contributed by atoms with Crippen LogP contribution in [0.2, 0.25) is 0 Å². The van der Waals surface area contributed by atoms with Crippen LogP contribution in [0, 0.1) is 17.0 Å². The summed E-state index contributed by atoms with van der Waals surface area (Å²) in [6.07, 6.45) is 2.34. The minimum Gasteiger partial charge on any atom is -0.334 e. The lowest BCUT2D eigenvalue weighted by Gasteiger charge is -2.18. The number of rotatable bonds is 5. The van der Waals surface area contributed by atoms with E-state index in [0.717, 1.165) is 6.20 Å². The molecule has 1 aromatic carbocycles. The predicted molar refractivity (Wildman–Crippen MR) is 77.1 cm³/mol. The van der Waals surface area contributed by atoms with Crippen LogP contribution in [0.5, 0.6) is 0 Å². The standard InChI is InChI=1S/C14H14F2N4O3/c1-9-10(4-3-5-11(9)20(22)23)13(21)18(2)8-12-17-6-7-19(12)14(15)16/h3-7,14H,8H2,1-2H3. The number of carbonyl (C=O) groups excluding carboxylic acids is 1. The van der Waals surface area contributed by atoms with Crippen LogP contribution < -0.4 is 0 Å². The first-order valence-electron chi connectivity index (χ1n) is 6.62. The first kappa shape index (κ1) is 16.5. The number of nitrogens with zero attached hydrogens (tertiary/aromatic N) is 4. The van der Waals surface area contributed by atoms with E-state index in [-0.39, 0.29) is 29.2 Å². The summed E-state index contributed by atoms with van der Waals surface area (Å²) in [5, 5.41) is 10.9. The Morgan fingerprint density at radius 1 is 1.48 bits per heavy atom. The fourth-order valence-corrected chi connectivity index (χ4v) is 2.19. The molecule has 0 saturated heterocycles. The first-order valence-corrected chi connectivity index (χ1v) is 6.62. The molecular weight excluding hydrogens is 310 g/mol. The van der Waals surface area contributed by atoms with E-state index in [1.165, 1.54) is 43.3 Å². The molecule has 0 aliphatic rings. The van der Waals surface area contributed by atoms with Crippen molar-refractivity contribution in [2.75, 3.05) is 7.05 Å². The molecule has 0 aliphatic carbocycles. The number of benzene rings is 1. The maximum absolute atomic E-state index is 12.8. The molecule has 122 valence electrons. The molecule has 9 heteroatoms. The van der Waals surface area contributed by atoms with Gasteiger partial charge in [0.15, 0.2) is 0 Å². The van der Waals surface area contributed by atoms with Crippen molar-refractivity contribution in [3.63, 3.8) is 0 Å². The average Bonchev–Trinajstić information content (AvgIpc) is 2.94. The van der Waals surface area contributed by atoms with Gasteiger partial charge in [-0.2, -0.15) is 8.78 Å². The molecule has 1 amide bonds. The minimum atomic E-state index is -2.75. The number of hydrogen-bond donors (Lipinski definition) is 0. The molecule has 0 unspecified atom stereocenters. The SMILES string of the molecule is Cc1c(C(=O)N(C)Cc2nccn2C(F)F)cccc1[N+](=O)[O-]. The van der Waals surface area contributed by atoms with E-state index >= 15 is 0 Å². The van der Waals surface area contributed by atoms with Crippen LogP contribution in [0.4, 0.5) is 14.5 Å². The molecule has 0 N–H and O–H groups in total. The summed E-state index contributed by atoms with van der Waals surface area (Å²) < 4.78 is 26.2. The summed E-state index contributed by atoms with van der Waals surface area (Å²) in [6.45, 7) is -1.42. The number of amides is 1. The minimum absolute atomic E-state index is 0.0268. The van der Waals surface area contributed by atoms with E-state index in [0.29, 0.717) is 4.57 Å².